The van der Waals surface area contributed by atoms with Gasteiger partial charge >= 0.3 is 0 Å². The van der Waals surface area contributed by atoms with E-state index >= 15 is 0 Å². The van der Waals surface area contributed by atoms with E-state index in [-0.39, 0.29) is 19.1 Å². The summed E-state index contributed by atoms with van der Waals surface area (Å²) in [4.78, 5) is 24.9. The predicted octanol–water partition coefficient (Wildman–Crippen LogP) is 10.4. The number of nitrogens with zero attached hydrogens (tertiary/aromatic N) is 1. The zero-order chi connectivity index (χ0) is 36.5. The number of amides is 1. The summed E-state index contributed by atoms with van der Waals surface area (Å²) in [5, 5.41) is 13.5. The summed E-state index contributed by atoms with van der Waals surface area (Å²) < 4.78 is 22.9. The molecule has 0 aliphatic carbocycles. The van der Waals surface area contributed by atoms with E-state index in [0.29, 0.717) is 23.9 Å². The molecule has 0 rings (SSSR count). The lowest BCUT2D eigenvalue weighted by atomic mass is 10.0. The number of quaternary nitrogens is 1. The number of nitrogens with one attached hydrogen (secondary N) is 1. The molecule has 294 valence electrons. The van der Waals surface area contributed by atoms with E-state index in [1.54, 1.807) is 0 Å². The average molecular weight is 719 g/mol. The fourth-order valence-electron chi connectivity index (χ4n) is 6.22. The molecule has 0 saturated heterocycles. The molecular formula is C40H83N2O6P. The van der Waals surface area contributed by atoms with E-state index in [1.807, 2.05) is 21.1 Å². The number of phosphoric acid groups is 1. The predicted molar refractivity (Wildman–Crippen MR) is 206 cm³/mol. The fraction of sp³-hybridized carbons (Fsp3) is 0.975. The second-order valence-corrected chi connectivity index (χ2v) is 17.1. The highest BCUT2D eigenvalue weighted by molar-refractivity contribution is 7.45. The molecule has 0 spiro atoms. The number of hydrogen-bond acceptors (Lipinski definition) is 6. The zero-order valence-corrected chi connectivity index (χ0v) is 34.1. The summed E-state index contributed by atoms with van der Waals surface area (Å²) in [5.41, 5.74) is 0. The molecule has 3 atom stereocenters. The average Bonchev–Trinajstić information content (AvgIpc) is 3.04. The van der Waals surface area contributed by atoms with Crippen LogP contribution in [0.2, 0.25) is 0 Å². The number of carbonyl (C=O) groups excluding carboxylic acids is 1. The van der Waals surface area contributed by atoms with Gasteiger partial charge in [-0.15, -0.1) is 0 Å². The first-order valence-corrected chi connectivity index (χ1v) is 22.3. The van der Waals surface area contributed by atoms with E-state index in [0.717, 1.165) is 38.5 Å². The number of carbonyl (C=O) groups is 1. The van der Waals surface area contributed by atoms with Crippen molar-refractivity contribution in [3.05, 3.63) is 0 Å². The quantitative estimate of drug-likeness (QED) is 0.0374. The van der Waals surface area contributed by atoms with Crippen LogP contribution in [-0.4, -0.2) is 68.5 Å². The molecule has 0 aromatic heterocycles. The summed E-state index contributed by atoms with van der Waals surface area (Å²) in [6.07, 6.45) is 34.9. The highest BCUT2D eigenvalue weighted by atomic mass is 31.2. The number of hydrogen-bond donors (Lipinski definition) is 2. The number of phosphoric ester groups is 1. The molecule has 0 radical (unpaired) electrons. The molecule has 0 aliphatic heterocycles. The molecule has 0 bridgehead atoms. The Morgan fingerprint density at radius 3 is 1.39 bits per heavy atom. The van der Waals surface area contributed by atoms with Crippen LogP contribution in [0.3, 0.4) is 0 Å². The summed E-state index contributed by atoms with van der Waals surface area (Å²) in [6.45, 7) is 4.56. The largest absolute Gasteiger partial charge is 0.756 e. The van der Waals surface area contributed by atoms with Gasteiger partial charge in [0.15, 0.2) is 0 Å². The van der Waals surface area contributed by atoms with Crippen LogP contribution in [-0.2, 0) is 18.4 Å². The molecular weight excluding hydrogens is 635 g/mol. The molecule has 0 aromatic rings. The first-order valence-electron chi connectivity index (χ1n) is 20.9. The van der Waals surface area contributed by atoms with E-state index < -0.39 is 20.0 Å². The maximum Gasteiger partial charge on any atom is 0.268 e. The third kappa shape index (κ3) is 35.7. The summed E-state index contributed by atoms with van der Waals surface area (Å²) in [5.74, 6) is -0.173. The Kier molecular flexibility index (Phi) is 33.0. The van der Waals surface area contributed by atoms with Gasteiger partial charge in [0.2, 0.25) is 5.91 Å². The Bertz CT molecular complexity index is 778. The van der Waals surface area contributed by atoms with E-state index in [9.17, 15) is 19.4 Å². The number of rotatable bonds is 38. The third-order valence-electron chi connectivity index (χ3n) is 9.60. The molecule has 2 N–H and O–H groups in total. The topological polar surface area (TPSA) is 108 Å². The van der Waals surface area contributed by atoms with Gasteiger partial charge in [-0.25, -0.2) is 0 Å². The van der Waals surface area contributed by atoms with Gasteiger partial charge in [0.1, 0.15) is 13.2 Å². The number of unbranched alkanes of at least 4 members (excludes halogenated alkanes) is 25. The fourth-order valence-corrected chi connectivity index (χ4v) is 6.94. The SMILES string of the molecule is CCCCCCCCCCCCCCCCCCCCCCCCCCC(=O)NC(COP(=O)([O-])OCC[N+](C)(C)C)C(O)CCCCC. The van der Waals surface area contributed by atoms with Crippen LogP contribution >= 0.6 is 7.82 Å². The van der Waals surface area contributed by atoms with Crippen LogP contribution in [0.15, 0.2) is 0 Å². The van der Waals surface area contributed by atoms with E-state index in [2.05, 4.69) is 19.2 Å². The summed E-state index contributed by atoms with van der Waals surface area (Å²) >= 11 is 0. The van der Waals surface area contributed by atoms with Crippen molar-refractivity contribution in [3.8, 4) is 0 Å². The van der Waals surface area contributed by atoms with Crippen molar-refractivity contribution in [2.24, 2.45) is 0 Å². The van der Waals surface area contributed by atoms with Crippen LogP contribution in [0, 0.1) is 0 Å². The highest BCUT2D eigenvalue weighted by Crippen LogP contribution is 2.38. The van der Waals surface area contributed by atoms with Gasteiger partial charge in [-0.05, 0) is 12.8 Å². The number of aliphatic hydroxyl groups is 1. The van der Waals surface area contributed by atoms with Gasteiger partial charge in [0.25, 0.3) is 7.82 Å². The van der Waals surface area contributed by atoms with E-state index in [1.165, 1.54) is 135 Å². The molecule has 0 aliphatic rings. The highest BCUT2D eigenvalue weighted by Gasteiger charge is 2.24. The number of likely N-dealkylation sites (N-methyl/N-ethyl adjacent to an activating group) is 1. The molecule has 0 saturated carbocycles. The van der Waals surface area contributed by atoms with Crippen molar-refractivity contribution in [1.82, 2.24) is 5.32 Å². The maximum atomic E-state index is 12.7. The van der Waals surface area contributed by atoms with Gasteiger partial charge < -0.3 is 28.8 Å². The Morgan fingerprint density at radius 2 is 1.00 bits per heavy atom. The van der Waals surface area contributed by atoms with Gasteiger partial charge in [0, 0.05) is 6.42 Å². The van der Waals surface area contributed by atoms with Crippen LogP contribution in [0.4, 0.5) is 0 Å². The molecule has 1 amide bonds. The first-order chi connectivity index (χ1) is 23.5. The monoisotopic (exact) mass is 719 g/mol. The third-order valence-corrected chi connectivity index (χ3v) is 10.6. The van der Waals surface area contributed by atoms with Crippen molar-refractivity contribution in [2.45, 2.75) is 212 Å². The lowest BCUT2D eigenvalue weighted by molar-refractivity contribution is -0.870. The molecule has 0 heterocycles. The van der Waals surface area contributed by atoms with Crippen LogP contribution in [0.1, 0.15) is 200 Å². The molecule has 8 nitrogen and oxygen atoms in total. The minimum Gasteiger partial charge on any atom is -0.756 e. The van der Waals surface area contributed by atoms with Crippen molar-refractivity contribution < 1.29 is 32.9 Å². The molecule has 9 heteroatoms. The first kappa shape index (κ1) is 48.5. The van der Waals surface area contributed by atoms with Crippen molar-refractivity contribution in [1.29, 1.82) is 0 Å². The van der Waals surface area contributed by atoms with Crippen LogP contribution in [0.25, 0.3) is 0 Å². The van der Waals surface area contributed by atoms with Crippen LogP contribution in [0.5, 0.6) is 0 Å². The molecule has 0 aromatic carbocycles. The van der Waals surface area contributed by atoms with Crippen molar-refractivity contribution in [2.75, 3.05) is 40.9 Å². The lowest BCUT2D eigenvalue weighted by Gasteiger charge is -2.30. The standard InChI is InChI=1S/C40H83N2O6P/c1-6-8-10-11-12-13-14-15-16-17-18-19-20-21-22-23-24-25-26-27-28-29-30-32-34-40(44)41-38(39(43)33-31-9-7-2)37-48-49(45,46)47-36-35-42(3,4)5/h38-39,43H,6-37H2,1-5H3,(H-,41,44,45,46). The molecule has 49 heavy (non-hydrogen) atoms. The maximum absolute atomic E-state index is 12.7. The Balaban J connectivity index is 3.84. The van der Waals surface area contributed by atoms with Gasteiger partial charge in [-0.2, -0.15) is 0 Å². The van der Waals surface area contributed by atoms with E-state index in [4.69, 9.17) is 9.05 Å². The zero-order valence-electron chi connectivity index (χ0n) is 33.2. The second-order valence-electron chi connectivity index (χ2n) is 15.7. The Labute approximate surface area is 304 Å². The molecule has 0 fully saturated rings. The lowest BCUT2D eigenvalue weighted by Crippen LogP contribution is -2.46. The second kappa shape index (κ2) is 33.3. The van der Waals surface area contributed by atoms with Crippen molar-refractivity contribution >= 4 is 13.7 Å². The smallest absolute Gasteiger partial charge is 0.268 e. The minimum atomic E-state index is -4.53. The summed E-state index contributed by atoms with van der Waals surface area (Å²) in [7, 11) is 1.31. The Hall–Kier alpha value is -0.500. The van der Waals surface area contributed by atoms with Gasteiger partial charge in [-0.1, -0.05) is 181 Å². The van der Waals surface area contributed by atoms with Crippen molar-refractivity contribution in [3.63, 3.8) is 0 Å². The minimum absolute atomic E-state index is 0.0138. The van der Waals surface area contributed by atoms with Crippen LogP contribution < -0.4 is 10.2 Å². The normalized spacial score (nSPS) is 14.5. The van der Waals surface area contributed by atoms with Gasteiger partial charge in [-0.3, -0.25) is 9.36 Å². The number of aliphatic hydroxyl groups excluding tert-OH is 1. The molecule has 3 unspecified atom stereocenters. The van der Waals surface area contributed by atoms with Gasteiger partial charge in [0.05, 0.1) is 39.9 Å². The summed E-state index contributed by atoms with van der Waals surface area (Å²) in [6, 6.07) is -0.789. The Morgan fingerprint density at radius 1 is 0.633 bits per heavy atom.